The van der Waals surface area contributed by atoms with E-state index in [4.69, 9.17) is 21.1 Å². The van der Waals surface area contributed by atoms with E-state index in [0.717, 1.165) is 5.56 Å². The number of carbonyl (C=O) groups excluding carboxylic acids is 3. The van der Waals surface area contributed by atoms with E-state index in [0.29, 0.717) is 16.3 Å². The van der Waals surface area contributed by atoms with Gasteiger partial charge < -0.3 is 14.8 Å². The van der Waals surface area contributed by atoms with Gasteiger partial charge in [-0.3, -0.25) is 9.59 Å². The molecule has 0 aliphatic heterocycles. The van der Waals surface area contributed by atoms with Gasteiger partial charge in [-0.05, 0) is 42.0 Å². The third-order valence-corrected chi connectivity index (χ3v) is 4.64. The fourth-order valence-electron chi connectivity index (χ4n) is 2.81. The number of hydrogen-bond donors (Lipinski definition) is 1. The maximum atomic E-state index is 12.8. The normalized spacial score (nSPS) is 10.6. The van der Waals surface area contributed by atoms with Gasteiger partial charge in [-0.2, -0.15) is 0 Å². The number of anilines is 1. The first-order valence-electron chi connectivity index (χ1n) is 9.64. The number of ether oxygens (including phenoxy) is 2. The van der Waals surface area contributed by atoms with Crippen molar-refractivity contribution in [3.63, 3.8) is 0 Å². The average molecular weight is 450 g/mol. The van der Waals surface area contributed by atoms with E-state index < -0.39 is 18.5 Å². The molecule has 162 valence electrons. The van der Waals surface area contributed by atoms with Crippen LogP contribution in [0.2, 0.25) is 5.02 Å². The fraction of sp³-hybridized carbons (Fsp3) is 0.0800. The molecule has 1 amide bonds. The standard InChI is InChI=1S/C25H20ClNO5/c1-31-20-11-7-17(8-12-20)9-14-24(29)32-16-23(28)27-22-13-10-19(26)15-21(22)25(30)18-5-3-2-4-6-18/h2-15H,16H2,1H3,(H,27,28). The van der Waals surface area contributed by atoms with Gasteiger partial charge in [0.25, 0.3) is 5.91 Å². The zero-order chi connectivity index (χ0) is 22.9. The highest BCUT2D eigenvalue weighted by molar-refractivity contribution is 6.31. The van der Waals surface area contributed by atoms with Crippen LogP contribution in [-0.2, 0) is 14.3 Å². The summed E-state index contributed by atoms with van der Waals surface area (Å²) in [5.41, 5.74) is 1.75. The molecular weight excluding hydrogens is 430 g/mol. The minimum absolute atomic E-state index is 0.239. The molecule has 0 saturated heterocycles. The summed E-state index contributed by atoms with van der Waals surface area (Å²) >= 11 is 6.04. The van der Waals surface area contributed by atoms with Gasteiger partial charge in [-0.25, -0.2) is 4.79 Å². The number of hydrogen-bond acceptors (Lipinski definition) is 5. The maximum Gasteiger partial charge on any atom is 0.331 e. The average Bonchev–Trinajstić information content (AvgIpc) is 2.83. The van der Waals surface area contributed by atoms with E-state index in [2.05, 4.69) is 5.32 Å². The second-order valence-corrected chi connectivity index (χ2v) is 7.08. The number of carbonyl (C=O) groups is 3. The van der Waals surface area contributed by atoms with Crippen molar-refractivity contribution in [1.82, 2.24) is 0 Å². The third-order valence-electron chi connectivity index (χ3n) is 4.41. The van der Waals surface area contributed by atoms with Crippen LogP contribution in [0.25, 0.3) is 6.08 Å². The van der Waals surface area contributed by atoms with Crippen LogP contribution < -0.4 is 10.1 Å². The van der Waals surface area contributed by atoms with Crippen molar-refractivity contribution in [3.8, 4) is 5.75 Å². The molecule has 6 nitrogen and oxygen atoms in total. The van der Waals surface area contributed by atoms with Crippen molar-refractivity contribution in [2.45, 2.75) is 0 Å². The molecule has 3 aromatic carbocycles. The monoisotopic (exact) mass is 449 g/mol. The molecule has 0 fully saturated rings. The van der Waals surface area contributed by atoms with Crippen molar-refractivity contribution in [2.24, 2.45) is 0 Å². The summed E-state index contributed by atoms with van der Waals surface area (Å²) in [6.45, 7) is -0.507. The largest absolute Gasteiger partial charge is 0.497 e. The number of benzene rings is 3. The lowest BCUT2D eigenvalue weighted by atomic mass is 10.0. The van der Waals surface area contributed by atoms with Crippen LogP contribution in [0.5, 0.6) is 5.75 Å². The zero-order valence-corrected chi connectivity index (χ0v) is 18.0. The van der Waals surface area contributed by atoms with Crippen molar-refractivity contribution in [1.29, 1.82) is 0 Å². The fourth-order valence-corrected chi connectivity index (χ4v) is 2.98. The summed E-state index contributed by atoms with van der Waals surface area (Å²) in [6.07, 6.45) is 2.79. The smallest absolute Gasteiger partial charge is 0.331 e. The van der Waals surface area contributed by atoms with Crippen molar-refractivity contribution in [3.05, 3.63) is 101 Å². The Bertz CT molecular complexity index is 1140. The van der Waals surface area contributed by atoms with Crippen LogP contribution in [0.1, 0.15) is 21.5 Å². The molecule has 0 bridgehead atoms. The molecule has 0 aliphatic rings. The highest BCUT2D eigenvalue weighted by Gasteiger charge is 2.16. The van der Waals surface area contributed by atoms with Crippen molar-refractivity contribution in [2.75, 3.05) is 19.0 Å². The van der Waals surface area contributed by atoms with E-state index in [-0.39, 0.29) is 17.0 Å². The minimum Gasteiger partial charge on any atom is -0.497 e. The Morgan fingerprint density at radius 3 is 2.38 bits per heavy atom. The number of ketones is 1. The summed E-state index contributed by atoms with van der Waals surface area (Å²) in [5, 5.41) is 2.96. The molecule has 0 atom stereocenters. The van der Waals surface area contributed by atoms with Crippen LogP contribution >= 0.6 is 11.6 Å². The van der Waals surface area contributed by atoms with Gasteiger partial charge in [0, 0.05) is 22.2 Å². The molecule has 0 aromatic heterocycles. The molecule has 0 unspecified atom stereocenters. The van der Waals surface area contributed by atoms with Crippen LogP contribution in [0.4, 0.5) is 5.69 Å². The summed E-state index contributed by atoms with van der Waals surface area (Å²) in [6, 6.07) is 20.3. The van der Waals surface area contributed by atoms with Gasteiger partial charge in [-0.15, -0.1) is 0 Å². The summed E-state index contributed by atoms with van der Waals surface area (Å²) in [4.78, 5) is 37.0. The SMILES string of the molecule is COc1ccc(C=CC(=O)OCC(=O)Nc2ccc(Cl)cc2C(=O)c2ccccc2)cc1. The molecular formula is C25H20ClNO5. The van der Waals surface area contributed by atoms with Crippen LogP contribution in [0.3, 0.4) is 0 Å². The van der Waals surface area contributed by atoms with E-state index >= 15 is 0 Å². The Morgan fingerprint density at radius 1 is 0.969 bits per heavy atom. The quantitative estimate of drug-likeness (QED) is 0.304. The first-order valence-corrected chi connectivity index (χ1v) is 10.0. The molecule has 32 heavy (non-hydrogen) atoms. The number of amides is 1. The predicted molar refractivity (Wildman–Crippen MR) is 123 cm³/mol. The van der Waals surface area contributed by atoms with Crippen LogP contribution in [0.15, 0.2) is 78.9 Å². The summed E-state index contributed by atoms with van der Waals surface area (Å²) < 4.78 is 10.1. The van der Waals surface area contributed by atoms with Crippen molar-refractivity contribution < 1.29 is 23.9 Å². The first-order chi connectivity index (χ1) is 15.5. The van der Waals surface area contributed by atoms with Gasteiger partial charge in [0.2, 0.25) is 0 Å². The number of esters is 1. The second-order valence-electron chi connectivity index (χ2n) is 6.65. The molecule has 0 heterocycles. The predicted octanol–water partition coefficient (Wildman–Crippen LogP) is 4.77. The molecule has 3 rings (SSSR count). The lowest BCUT2D eigenvalue weighted by Gasteiger charge is -2.11. The Balaban J connectivity index is 1.60. The van der Waals surface area contributed by atoms with Crippen molar-refractivity contribution >= 4 is 41.0 Å². The highest BCUT2D eigenvalue weighted by Crippen LogP contribution is 2.23. The number of nitrogens with one attached hydrogen (secondary N) is 1. The molecule has 1 N–H and O–H groups in total. The Kier molecular flexibility index (Phi) is 7.78. The van der Waals surface area contributed by atoms with E-state index in [9.17, 15) is 14.4 Å². The number of halogens is 1. The van der Waals surface area contributed by atoms with Gasteiger partial charge in [0.05, 0.1) is 12.8 Å². The molecule has 0 aliphatic carbocycles. The van der Waals surface area contributed by atoms with Crippen LogP contribution in [0, 0.1) is 0 Å². The minimum atomic E-state index is -0.673. The first kappa shape index (κ1) is 22.8. The van der Waals surface area contributed by atoms with E-state index in [1.807, 2.05) is 0 Å². The molecule has 0 spiro atoms. The lowest BCUT2D eigenvalue weighted by Crippen LogP contribution is -2.21. The molecule has 7 heteroatoms. The van der Waals surface area contributed by atoms with Gasteiger partial charge in [0.15, 0.2) is 12.4 Å². The summed E-state index contributed by atoms with van der Waals surface area (Å²) in [7, 11) is 1.57. The topological polar surface area (TPSA) is 81.7 Å². The third kappa shape index (κ3) is 6.30. The molecule has 0 radical (unpaired) electrons. The number of methoxy groups -OCH3 is 1. The second kappa shape index (κ2) is 10.9. The highest BCUT2D eigenvalue weighted by atomic mass is 35.5. The van der Waals surface area contributed by atoms with E-state index in [1.165, 1.54) is 18.2 Å². The van der Waals surface area contributed by atoms with E-state index in [1.54, 1.807) is 73.8 Å². The summed E-state index contributed by atoms with van der Waals surface area (Å²) in [5.74, 6) is -0.843. The zero-order valence-electron chi connectivity index (χ0n) is 17.2. The Hall–Kier alpha value is -3.90. The van der Waals surface area contributed by atoms with Gasteiger partial charge in [-0.1, -0.05) is 54.1 Å². The Labute approximate surface area is 190 Å². The maximum absolute atomic E-state index is 12.8. The Morgan fingerprint density at radius 2 is 1.69 bits per heavy atom. The van der Waals surface area contributed by atoms with Gasteiger partial charge in [0.1, 0.15) is 5.75 Å². The van der Waals surface area contributed by atoms with Gasteiger partial charge >= 0.3 is 5.97 Å². The molecule has 0 saturated carbocycles. The van der Waals surface area contributed by atoms with Crippen LogP contribution in [-0.4, -0.2) is 31.4 Å². The lowest BCUT2D eigenvalue weighted by molar-refractivity contribution is -0.142. The molecule has 3 aromatic rings. The number of rotatable bonds is 8.